The predicted octanol–water partition coefficient (Wildman–Crippen LogP) is 2.35. The highest BCUT2D eigenvalue weighted by Crippen LogP contribution is 2.36. The van der Waals surface area contributed by atoms with E-state index in [1.54, 1.807) is 4.68 Å². The molecule has 1 aliphatic rings. The topological polar surface area (TPSA) is 60.1 Å². The molecule has 0 unspecified atom stereocenters. The van der Waals surface area contributed by atoms with Crippen molar-refractivity contribution in [2.45, 2.75) is 45.8 Å². The summed E-state index contributed by atoms with van der Waals surface area (Å²) in [5.74, 6) is 0. The van der Waals surface area contributed by atoms with Crippen LogP contribution in [0.15, 0.2) is 30.5 Å². The number of aromatic nitrogens is 2. The van der Waals surface area contributed by atoms with Gasteiger partial charge in [-0.3, -0.25) is 0 Å². The Kier molecular flexibility index (Phi) is 3.59. The summed E-state index contributed by atoms with van der Waals surface area (Å²) >= 11 is 0. The molecule has 2 heterocycles. The molecule has 1 aromatic heterocycles. The van der Waals surface area contributed by atoms with Gasteiger partial charge in [-0.05, 0) is 58.3 Å². The van der Waals surface area contributed by atoms with Crippen LogP contribution in [0.1, 0.15) is 39.0 Å². The molecule has 0 amide bonds. The number of aryl methyl sites for hydroxylation is 1. The quantitative estimate of drug-likeness (QED) is 0.799. The molecule has 0 aliphatic carbocycles. The predicted molar refractivity (Wildman–Crippen MR) is 88.7 cm³/mol. The Morgan fingerprint density at radius 1 is 1.13 bits per heavy atom. The Hall–Kier alpha value is -2.10. The third-order valence-corrected chi connectivity index (χ3v) is 4.64. The van der Waals surface area contributed by atoms with E-state index in [0.29, 0.717) is 5.56 Å². The molecule has 6 heteroatoms. The summed E-state index contributed by atoms with van der Waals surface area (Å²) in [5.41, 5.74) is 2.24. The number of nitriles is 1. The van der Waals surface area contributed by atoms with E-state index in [-0.39, 0.29) is 0 Å². The van der Waals surface area contributed by atoms with Crippen LogP contribution < -0.4 is 5.46 Å². The fraction of sp³-hybridized carbons (Fsp3) is 0.412. The maximum Gasteiger partial charge on any atom is 0.494 e. The molecule has 1 fully saturated rings. The van der Waals surface area contributed by atoms with E-state index in [1.165, 1.54) is 0 Å². The zero-order valence-corrected chi connectivity index (χ0v) is 14.1. The second-order valence-electron chi connectivity index (χ2n) is 6.88. The molecule has 0 saturated carbocycles. The van der Waals surface area contributed by atoms with Crippen molar-refractivity contribution in [3.05, 3.63) is 41.7 Å². The van der Waals surface area contributed by atoms with Gasteiger partial charge in [0, 0.05) is 6.20 Å². The van der Waals surface area contributed by atoms with Crippen molar-refractivity contribution in [2.24, 2.45) is 0 Å². The van der Waals surface area contributed by atoms with Gasteiger partial charge in [0.15, 0.2) is 0 Å². The van der Waals surface area contributed by atoms with Gasteiger partial charge in [0.2, 0.25) is 0 Å². The van der Waals surface area contributed by atoms with Gasteiger partial charge in [-0.15, -0.1) is 0 Å². The van der Waals surface area contributed by atoms with Gasteiger partial charge in [-0.25, -0.2) is 4.68 Å². The number of nitrogens with zero attached hydrogens (tertiary/aromatic N) is 3. The summed E-state index contributed by atoms with van der Waals surface area (Å²) in [6.07, 6.45) is 1.85. The molecule has 2 aromatic rings. The first-order chi connectivity index (χ1) is 10.7. The Balaban J connectivity index is 1.97. The van der Waals surface area contributed by atoms with Gasteiger partial charge < -0.3 is 9.31 Å². The van der Waals surface area contributed by atoms with E-state index in [1.807, 2.05) is 65.1 Å². The first-order valence-electron chi connectivity index (χ1n) is 7.66. The van der Waals surface area contributed by atoms with Gasteiger partial charge in [-0.1, -0.05) is 6.07 Å². The molecule has 5 nitrogen and oxygen atoms in total. The Bertz CT molecular complexity index is 773. The summed E-state index contributed by atoms with van der Waals surface area (Å²) in [4.78, 5) is 0. The molecule has 23 heavy (non-hydrogen) atoms. The highest BCUT2D eigenvalue weighted by molar-refractivity contribution is 6.62. The highest BCUT2D eigenvalue weighted by Gasteiger charge is 2.51. The minimum atomic E-state index is -0.472. The number of rotatable bonds is 2. The van der Waals surface area contributed by atoms with Crippen molar-refractivity contribution < 1.29 is 9.31 Å². The standard InChI is InChI=1S/C17H20BN3O2/c1-12-8-9-21(20-12)15-7-6-14(10-13(15)11-19)18-22-16(2,3)17(4,5)23-18/h6-10H,1-5H3. The fourth-order valence-electron chi connectivity index (χ4n) is 2.52. The Morgan fingerprint density at radius 3 is 2.30 bits per heavy atom. The second-order valence-corrected chi connectivity index (χ2v) is 6.88. The first kappa shape index (κ1) is 15.8. The normalized spacial score (nSPS) is 18.9. The fourth-order valence-corrected chi connectivity index (χ4v) is 2.52. The number of benzene rings is 1. The lowest BCUT2D eigenvalue weighted by atomic mass is 9.78. The maximum atomic E-state index is 9.49. The molecule has 1 saturated heterocycles. The van der Waals surface area contributed by atoms with Gasteiger partial charge in [0.05, 0.1) is 28.1 Å². The van der Waals surface area contributed by atoms with Gasteiger partial charge in [0.1, 0.15) is 6.07 Å². The van der Waals surface area contributed by atoms with Crippen LogP contribution in [0.2, 0.25) is 0 Å². The van der Waals surface area contributed by atoms with Crippen molar-refractivity contribution in [3.8, 4) is 11.8 Å². The molecule has 118 valence electrons. The van der Waals surface area contributed by atoms with E-state index in [0.717, 1.165) is 16.8 Å². The van der Waals surface area contributed by atoms with E-state index < -0.39 is 18.3 Å². The van der Waals surface area contributed by atoms with Crippen LogP contribution in [0, 0.1) is 18.3 Å². The molecule has 0 radical (unpaired) electrons. The number of hydrogen-bond donors (Lipinski definition) is 0. The van der Waals surface area contributed by atoms with Crippen LogP contribution in [0.25, 0.3) is 5.69 Å². The average Bonchev–Trinajstić information content (AvgIpc) is 2.99. The minimum absolute atomic E-state index is 0.401. The van der Waals surface area contributed by atoms with Gasteiger partial charge >= 0.3 is 7.12 Å². The molecular weight excluding hydrogens is 289 g/mol. The Morgan fingerprint density at radius 2 is 1.78 bits per heavy atom. The molecule has 1 aromatic carbocycles. The molecule has 0 atom stereocenters. The van der Waals surface area contributed by atoms with E-state index in [4.69, 9.17) is 9.31 Å². The zero-order valence-electron chi connectivity index (χ0n) is 14.1. The average molecular weight is 309 g/mol. The maximum absolute atomic E-state index is 9.49. The summed E-state index contributed by atoms with van der Waals surface area (Å²) in [7, 11) is -0.472. The van der Waals surface area contributed by atoms with Crippen molar-refractivity contribution in [1.29, 1.82) is 5.26 Å². The monoisotopic (exact) mass is 309 g/mol. The van der Waals surface area contributed by atoms with E-state index in [2.05, 4.69) is 11.2 Å². The Labute approximate surface area is 137 Å². The smallest absolute Gasteiger partial charge is 0.399 e. The molecule has 0 bridgehead atoms. The molecule has 1 aliphatic heterocycles. The third kappa shape index (κ3) is 2.67. The number of hydrogen-bond acceptors (Lipinski definition) is 4. The summed E-state index contributed by atoms with van der Waals surface area (Å²) < 4.78 is 13.8. The van der Waals surface area contributed by atoms with Crippen LogP contribution in [-0.4, -0.2) is 28.1 Å². The summed E-state index contributed by atoms with van der Waals surface area (Å²) in [6, 6.07) is 9.76. The van der Waals surface area contributed by atoms with Crippen LogP contribution >= 0.6 is 0 Å². The minimum Gasteiger partial charge on any atom is -0.399 e. The van der Waals surface area contributed by atoms with Gasteiger partial charge in [0.25, 0.3) is 0 Å². The largest absolute Gasteiger partial charge is 0.494 e. The first-order valence-corrected chi connectivity index (χ1v) is 7.66. The van der Waals surface area contributed by atoms with Crippen LogP contribution in [-0.2, 0) is 9.31 Å². The molecular formula is C17H20BN3O2. The lowest BCUT2D eigenvalue weighted by Gasteiger charge is -2.32. The van der Waals surface area contributed by atoms with Crippen LogP contribution in [0.5, 0.6) is 0 Å². The third-order valence-electron chi connectivity index (χ3n) is 4.64. The SMILES string of the molecule is Cc1ccn(-c2ccc(B3OC(C)(C)C(C)(C)O3)cc2C#N)n1. The van der Waals surface area contributed by atoms with E-state index in [9.17, 15) is 5.26 Å². The second kappa shape index (κ2) is 5.22. The highest BCUT2D eigenvalue weighted by atomic mass is 16.7. The molecule has 0 spiro atoms. The lowest BCUT2D eigenvalue weighted by molar-refractivity contribution is 0.00578. The van der Waals surface area contributed by atoms with Crippen molar-refractivity contribution in [1.82, 2.24) is 9.78 Å². The molecule has 3 rings (SSSR count). The lowest BCUT2D eigenvalue weighted by Crippen LogP contribution is -2.41. The van der Waals surface area contributed by atoms with E-state index >= 15 is 0 Å². The zero-order chi connectivity index (χ0) is 16.8. The van der Waals surface area contributed by atoms with Crippen LogP contribution in [0.4, 0.5) is 0 Å². The van der Waals surface area contributed by atoms with Gasteiger partial charge in [-0.2, -0.15) is 10.4 Å². The van der Waals surface area contributed by atoms with Crippen molar-refractivity contribution in [3.63, 3.8) is 0 Å². The summed E-state index contributed by atoms with van der Waals surface area (Å²) in [6.45, 7) is 9.97. The van der Waals surface area contributed by atoms with Crippen molar-refractivity contribution >= 4 is 12.6 Å². The molecule has 0 N–H and O–H groups in total. The van der Waals surface area contributed by atoms with Crippen molar-refractivity contribution in [2.75, 3.05) is 0 Å². The van der Waals surface area contributed by atoms with Crippen LogP contribution in [0.3, 0.4) is 0 Å². The summed E-state index contributed by atoms with van der Waals surface area (Å²) in [5, 5.41) is 13.9.